The summed E-state index contributed by atoms with van der Waals surface area (Å²) in [5, 5.41) is 1.02. The Kier molecular flexibility index (Phi) is 3.40. The van der Waals surface area contributed by atoms with Gasteiger partial charge in [-0.05, 0) is 32.2 Å². The minimum atomic E-state index is 0.0579. The number of carbonyl (C=O) groups is 1. The highest BCUT2D eigenvalue weighted by Gasteiger charge is 2.14. The molecule has 1 aromatic heterocycles. The maximum atomic E-state index is 11.4. The van der Waals surface area contributed by atoms with Gasteiger partial charge in [0.2, 0.25) is 0 Å². The largest absolute Gasteiger partial charge is 0.369 e. The molecule has 0 N–H and O–H groups in total. The van der Waals surface area contributed by atoms with Crippen LogP contribution in [-0.4, -0.2) is 48.9 Å². The number of hydrogen-bond acceptors (Lipinski definition) is 4. The van der Waals surface area contributed by atoms with Crippen LogP contribution in [0.15, 0.2) is 30.5 Å². The summed E-state index contributed by atoms with van der Waals surface area (Å²) < 4.78 is 0. The van der Waals surface area contributed by atoms with Gasteiger partial charge < -0.3 is 9.80 Å². The molecule has 0 radical (unpaired) electrons. The number of ketones is 1. The van der Waals surface area contributed by atoms with Crippen LogP contribution < -0.4 is 4.90 Å². The summed E-state index contributed by atoms with van der Waals surface area (Å²) in [6.07, 6.45) is 1.67. The maximum Gasteiger partial charge on any atom is 0.161 e. The van der Waals surface area contributed by atoms with Crippen molar-refractivity contribution in [3.8, 4) is 0 Å². The molecule has 104 valence electrons. The van der Waals surface area contributed by atoms with Gasteiger partial charge in [-0.2, -0.15) is 0 Å². The van der Waals surface area contributed by atoms with Crippen molar-refractivity contribution in [2.24, 2.45) is 0 Å². The smallest absolute Gasteiger partial charge is 0.161 e. The molecule has 0 bridgehead atoms. The molecule has 4 heteroatoms. The van der Waals surface area contributed by atoms with Gasteiger partial charge in [0.05, 0.1) is 5.52 Å². The van der Waals surface area contributed by atoms with Crippen molar-refractivity contribution in [2.45, 2.75) is 6.92 Å². The van der Waals surface area contributed by atoms with Gasteiger partial charge in [0.1, 0.15) is 0 Å². The van der Waals surface area contributed by atoms with E-state index in [9.17, 15) is 4.79 Å². The first-order valence-corrected chi connectivity index (χ1v) is 6.98. The molecule has 1 fully saturated rings. The Bertz CT molecular complexity index is 645. The number of nitrogens with zero attached hydrogens (tertiary/aromatic N) is 3. The Balaban J connectivity index is 1.91. The molecule has 20 heavy (non-hydrogen) atoms. The van der Waals surface area contributed by atoms with Crippen LogP contribution >= 0.6 is 0 Å². The van der Waals surface area contributed by atoms with Crippen LogP contribution in [0, 0.1) is 0 Å². The predicted octanol–water partition coefficient (Wildman–Crippen LogP) is 2.19. The van der Waals surface area contributed by atoms with Crippen LogP contribution in [0.4, 0.5) is 5.69 Å². The van der Waals surface area contributed by atoms with Crippen molar-refractivity contribution in [2.75, 3.05) is 38.1 Å². The molecular weight excluding hydrogens is 250 g/mol. The van der Waals surface area contributed by atoms with Gasteiger partial charge in [-0.25, -0.2) is 0 Å². The second-order valence-electron chi connectivity index (χ2n) is 5.45. The van der Waals surface area contributed by atoms with Crippen molar-refractivity contribution in [3.63, 3.8) is 0 Å². The lowest BCUT2D eigenvalue weighted by atomic mass is 10.1. The number of anilines is 1. The fourth-order valence-electron chi connectivity index (χ4n) is 2.56. The zero-order valence-corrected chi connectivity index (χ0v) is 12.0. The molecule has 0 amide bonds. The molecule has 1 aromatic carbocycles. The Morgan fingerprint density at radius 3 is 2.60 bits per heavy atom. The van der Waals surface area contributed by atoms with Gasteiger partial charge in [-0.15, -0.1) is 0 Å². The molecule has 1 saturated heterocycles. The van der Waals surface area contributed by atoms with Crippen LogP contribution in [0.3, 0.4) is 0 Å². The third-order valence-corrected chi connectivity index (χ3v) is 3.94. The lowest BCUT2D eigenvalue weighted by Gasteiger charge is -2.34. The summed E-state index contributed by atoms with van der Waals surface area (Å²) in [6.45, 7) is 5.85. The number of piperazine rings is 1. The highest BCUT2D eigenvalue weighted by Crippen LogP contribution is 2.22. The van der Waals surface area contributed by atoms with Crippen molar-refractivity contribution in [1.82, 2.24) is 9.88 Å². The van der Waals surface area contributed by atoms with E-state index in [2.05, 4.69) is 40.0 Å². The third-order valence-electron chi connectivity index (χ3n) is 3.94. The van der Waals surface area contributed by atoms with Crippen molar-refractivity contribution < 1.29 is 4.79 Å². The Labute approximate surface area is 119 Å². The molecular formula is C16H19N3O. The Morgan fingerprint density at radius 1 is 1.15 bits per heavy atom. The summed E-state index contributed by atoms with van der Waals surface area (Å²) in [4.78, 5) is 20.5. The van der Waals surface area contributed by atoms with Crippen molar-refractivity contribution in [1.29, 1.82) is 0 Å². The van der Waals surface area contributed by atoms with Gasteiger partial charge in [0.25, 0.3) is 0 Å². The number of pyridine rings is 1. The van der Waals surface area contributed by atoms with Crippen LogP contribution in [0.2, 0.25) is 0 Å². The first-order chi connectivity index (χ1) is 9.63. The SMILES string of the molecule is CC(=O)c1cnc2cc(N3CCN(C)CC3)ccc2c1. The number of carbonyl (C=O) groups excluding carboxylic acids is 1. The van der Waals surface area contributed by atoms with E-state index in [1.165, 1.54) is 5.69 Å². The quantitative estimate of drug-likeness (QED) is 0.783. The van der Waals surface area contributed by atoms with Crippen LogP contribution in [0.5, 0.6) is 0 Å². The first kappa shape index (κ1) is 13.1. The zero-order valence-electron chi connectivity index (χ0n) is 12.0. The standard InChI is InChI=1S/C16H19N3O/c1-12(20)14-9-13-3-4-15(10-16(13)17-11-14)19-7-5-18(2)6-8-19/h3-4,9-11H,5-8H2,1-2H3. The van der Waals surface area contributed by atoms with Crippen LogP contribution in [0.25, 0.3) is 10.9 Å². The highest BCUT2D eigenvalue weighted by atomic mass is 16.1. The number of Topliss-reactive ketones (excluding diaryl/α,β-unsaturated/α-hetero) is 1. The van der Waals surface area contributed by atoms with E-state index in [-0.39, 0.29) is 5.78 Å². The lowest BCUT2D eigenvalue weighted by Crippen LogP contribution is -2.44. The summed E-state index contributed by atoms with van der Waals surface area (Å²) in [7, 11) is 2.16. The van der Waals surface area contributed by atoms with Gasteiger partial charge in [0.15, 0.2) is 5.78 Å². The number of aromatic nitrogens is 1. The maximum absolute atomic E-state index is 11.4. The van der Waals surface area contributed by atoms with E-state index in [1.54, 1.807) is 13.1 Å². The molecule has 0 unspecified atom stereocenters. The van der Waals surface area contributed by atoms with Crippen LogP contribution in [-0.2, 0) is 0 Å². The predicted molar refractivity (Wildman–Crippen MR) is 81.5 cm³/mol. The van der Waals surface area contributed by atoms with Crippen molar-refractivity contribution >= 4 is 22.4 Å². The second kappa shape index (κ2) is 5.21. The summed E-state index contributed by atoms with van der Waals surface area (Å²) in [5.74, 6) is 0.0579. The van der Waals surface area contributed by atoms with E-state index in [0.29, 0.717) is 5.56 Å². The number of rotatable bonds is 2. The normalized spacial score (nSPS) is 16.6. The average molecular weight is 269 g/mol. The molecule has 0 spiro atoms. The number of hydrogen-bond donors (Lipinski definition) is 0. The Hall–Kier alpha value is -1.94. The van der Waals surface area contributed by atoms with Gasteiger partial charge in [0, 0.05) is 49.0 Å². The molecule has 3 rings (SSSR count). The molecule has 1 aliphatic heterocycles. The van der Waals surface area contributed by atoms with E-state index < -0.39 is 0 Å². The summed E-state index contributed by atoms with van der Waals surface area (Å²) in [5.41, 5.74) is 2.84. The minimum absolute atomic E-state index is 0.0579. The van der Waals surface area contributed by atoms with Crippen molar-refractivity contribution in [3.05, 3.63) is 36.0 Å². The fraction of sp³-hybridized carbons (Fsp3) is 0.375. The van der Waals surface area contributed by atoms with Crippen LogP contribution in [0.1, 0.15) is 17.3 Å². The molecule has 1 aliphatic rings. The van der Waals surface area contributed by atoms with Gasteiger partial charge in [-0.3, -0.25) is 9.78 Å². The molecule has 2 heterocycles. The zero-order chi connectivity index (χ0) is 14.1. The molecule has 0 saturated carbocycles. The Morgan fingerprint density at radius 2 is 1.90 bits per heavy atom. The minimum Gasteiger partial charge on any atom is -0.369 e. The van der Waals surface area contributed by atoms with Gasteiger partial charge >= 0.3 is 0 Å². The topological polar surface area (TPSA) is 36.4 Å². The summed E-state index contributed by atoms with van der Waals surface area (Å²) in [6, 6.07) is 8.21. The second-order valence-corrected chi connectivity index (χ2v) is 5.45. The average Bonchev–Trinajstić information content (AvgIpc) is 2.47. The molecule has 0 atom stereocenters. The lowest BCUT2D eigenvalue weighted by molar-refractivity contribution is 0.101. The molecule has 2 aromatic rings. The van der Waals surface area contributed by atoms with E-state index in [0.717, 1.165) is 37.1 Å². The fourth-order valence-corrected chi connectivity index (χ4v) is 2.56. The van der Waals surface area contributed by atoms with E-state index in [4.69, 9.17) is 0 Å². The first-order valence-electron chi connectivity index (χ1n) is 6.98. The number of benzene rings is 1. The van der Waals surface area contributed by atoms with E-state index in [1.807, 2.05) is 6.07 Å². The number of likely N-dealkylation sites (N-methyl/N-ethyl adjacent to an activating group) is 1. The van der Waals surface area contributed by atoms with Gasteiger partial charge in [-0.1, -0.05) is 6.07 Å². The molecule has 4 nitrogen and oxygen atoms in total. The third kappa shape index (κ3) is 2.51. The summed E-state index contributed by atoms with van der Waals surface area (Å²) >= 11 is 0. The monoisotopic (exact) mass is 269 g/mol. The highest BCUT2D eigenvalue weighted by molar-refractivity contribution is 5.97. The molecule has 0 aliphatic carbocycles. The number of fused-ring (bicyclic) bond motifs is 1. The van der Waals surface area contributed by atoms with E-state index >= 15 is 0 Å².